The van der Waals surface area contributed by atoms with Crippen molar-refractivity contribution in [1.82, 2.24) is 0 Å². The first-order valence-electron chi connectivity index (χ1n) is 10.8. The molecule has 180 valence electrons. The van der Waals surface area contributed by atoms with Crippen LogP contribution in [0.2, 0.25) is 0 Å². The van der Waals surface area contributed by atoms with Crippen LogP contribution in [0.3, 0.4) is 0 Å². The molecule has 33 heavy (non-hydrogen) atoms. The molecule has 0 aromatic heterocycles. The van der Waals surface area contributed by atoms with E-state index in [0.717, 1.165) is 31.3 Å². The van der Waals surface area contributed by atoms with Gasteiger partial charge in [0.2, 0.25) is 0 Å². The van der Waals surface area contributed by atoms with Gasteiger partial charge in [0, 0.05) is 12.1 Å². The van der Waals surface area contributed by atoms with E-state index in [4.69, 9.17) is 4.74 Å². The Labute approximate surface area is 189 Å². The van der Waals surface area contributed by atoms with Crippen molar-refractivity contribution >= 4 is 0 Å². The van der Waals surface area contributed by atoms with Crippen LogP contribution in [0.1, 0.15) is 45.4 Å². The Morgan fingerprint density at radius 2 is 1.67 bits per heavy atom. The molecule has 1 fully saturated rings. The topological polar surface area (TPSA) is 18.5 Å². The summed E-state index contributed by atoms with van der Waals surface area (Å²) in [4.78, 5) is 0. The van der Waals surface area contributed by atoms with Gasteiger partial charge in [-0.2, -0.15) is 8.78 Å². The molecule has 0 saturated heterocycles. The van der Waals surface area contributed by atoms with E-state index in [9.17, 15) is 26.3 Å². The van der Waals surface area contributed by atoms with Gasteiger partial charge in [0.25, 0.3) is 0 Å². The lowest BCUT2D eigenvalue weighted by molar-refractivity contribution is -0.141. The van der Waals surface area contributed by atoms with Gasteiger partial charge in [0.15, 0.2) is 17.5 Å². The maximum atomic E-state index is 14.5. The van der Waals surface area contributed by atoms with Crippen LogP contribution in [0.5, 0.6) is 5.75 Å². The number of hydrogen-bond donors (Lipinski definition) is 0. The first kappa shape index (κ1) is 25.0. The number of ether oxygens (including phenoxy) is 2. The average Bonchev–Trinajstić information content (AvgIpc) is 2.77. The minimum atomic E-state index is -4.35. The Balaban J connectivity index is 1.62. The zero-order chi connectivity index (χ0) is 24.3. The lowest BCUT2D eigenvalue weighted by Crippen LogP contribution is -2.28. The van der Waals surface area contributed by atoms with Crippen LogP contribution in [0, 0.1) is 29.3 Å². The standard InChI is InChI=1S/C25H26F6O2/c1-14-4-6-17(7-5-14)18-8-9-23(32-13-18)15(2)10-20(26)16(3)25(30,31)33-19-11-21(27)24(29)22(28)12-19/h10-14,17,23H,2-9H2,1H3/b20-10+. The van der Waals surface area contributed by atoms with Crippen molar-refractivity contribution in [1.29, 1.82) is 0 Å². The van der Waals surface area contributed by atoms with E-state index in [1.54, 1.807) is 6.26 Å². The molecule has 8 heteroatoms. The first-order valence-corrected chi connectivity index (χ1v) is 10.8. The quantitative estimate of drug-likeness (QED) is 0.228. The van der Waals surface area contributed by atoms with Gasteiger partial charge in [0.1, 0.15) is 17.7 Å². The molecule has 1 aliphatic carbocycles. The van der Waals surface area contributed by atoms with Crippen LogP contribution in [0.4, 0.5) is 26.3 Å². The van der Waals surface area contributed by atoms with Crippen molar-refractivity contribution in [2.45, 2.75) is 57.7 Å². The molecule has 1 aliphatic heterocycles. The molecule has 2 aliphatic rings. The molecule has 2 nitrogen and oxygen atoms in total. The van der Waals surface area contributed by atoms with Crippen molar-refractivity contribution in [2.24, 2.45) is 11.8 Å². The van der Waals surface area contributed by atoms with Gasteiger partial charge >= 0.3 is 6.11 Å². The molecule has 1 unspecified atom stereocenters. The minimum absolute atomic E-state index is 0.135. The summed E-state index contributed by atoms with van der Waals surface area (Å²) < 4.78 is 92.4. The third kappa shape index (κ3) is 6.03. The normalized spacial score (nSPS) is 24.0. The predicted molar refractivity (Wildman–Crippen MR) is 113 cm³/mol. The Kier molecular flexibility index (Phi) is 7.65. The number of alkyl halides is 2. The molecule has 0 N–H and O–H groups in total. The van der Waals surface area contributed by atoms with Gasteiger partial charge in [0.05, 0.1) is 11.8 Å². The van der Waals surface area contributed by atoms with Crippen LogP contribution in [0.25, 0.3) is 0 Å². The average molecular weight is 472 g/mol. The highest BCUT2D eigenvalue weighted by Gasteiger charge is 2.39. The fraction of sp³-hybridized carbons (Fsp3) is 0.440. The third-order valence-electron chi connectivity index (χ3n) is 6.19. The first-order chi connectivity index (χ1) is 15.5. The summed E-state index contributed by atoms with van der Waals surface area (Å²) in [5.74, 6) is -6.53. The Bertz CT molecular complexity index is 950. The summed E-state index contributed by atoms with van der Waals surface area (Å²) in [7, 11) is 0. The van der Waals surface area contributed by atoms with Crippen LogP contribution < -0.4 is 4.74 Å². The smallest absolute Gasteiger partial charge is 0.428 e. The van der Waals surface area contributed by atoms with Crippen LogP contribution in [0.15, 0.2) is 60.2 Å². The number of halogens is 6. The maximum Gasteiger partial charge on any atom is 0.428 e. The van der Waals surface area contributed by atoms with E-state index in [1.165, 1.54) is 18.4 Å². The molecule has 1 heterocycles. The molecule has 1 aromatic rings. The van der Waals surface area contributed by atoms with Crippen LogP contribution in [-0.4, -0.2) is 12.2 Å². The van der Waals surface area contributed by atoms with E-state index >= 15 is 0 Å². The van der Waals surface area contributed by atoms with E-state index < -0.39 is 46.8 Å². The highest BCUT2D eigenvalue weighted by atomic mass is 19.3. The molecule has 0 radical (unpaired) electrons. The lowest BCUT2D eigenvalue weighted by Gasteiger charge is -2.32. The summed E-state index contributed by atoms with van der Waals surface area (Å²) in [5, 5.41) is 0. The molecule has 1 saturated carbocycles. The monoisotopic (exact) mass is 472 g/mol. The van der Waals surface area contributed by atoms with E-state index in [-0.39, 0.29) is 17.7 Å². The predicted octanol–water partition coefficient (Wildman–Crippen LogP) is 7.93. The maximum absolute atomic E-state index is 14.5. The van der Waals surface area contributed by atoms with E-state index in [2.05, 4.69) is 24.8 Å². The molecule has 1 atom stereocenters. The molecule has 3 rings (SSSR count). The molecule has 0 bridgehead atoms. The summed E-state index contributed by atoms with van der Waals surface area (Å²) in [5.41, 5.74) is -0.0356. The number of rotatable bonds is 7. The molecule has 0 spiro atoms. The number of hydrogen-bond acceptors (Lipinski definition) is 2. The largest absolute Gasteiger partial charge is 0.493 e. The molecular weight excluding hydrogens is 446 g/mol. The van der Waals surface area contributed by atoms with Gasteiger partial charge in [-0.25, -0.2) is 17.6 Å². The van der Waals surface area contributed by atoms with E-state index in [0.29, 0.717) is 12.3 Å². The van der Waals surface area contributed by atoms with Gasteiger partial charge in [-0.3, -0.25) is 0 Å². The number of benzene rings is 1. The summed E-state index contributed by atoms with van der Waals surface area (Å²) in [6.45, 7) is 8.94. The molecular formula is C25H26F6O2. The fourth-order valence-electron chi connectivity index (χ4n) is 4.08. The fourth-order valence-corrected chi connectivity index (χ4v) is 4.08. The minimum Gasteiger partial charge on any atom is -0.493 e. The Morgan fingerprint density at radius 3 is 2.21 bits per heavy atom. The van der Waals surface area contributed by atoms with Crippen molar-refractivity contribution in [2.75, 3.05) is 0 Å². The second kappa shape index (κ2) is 10.1. The zero-order valence-electron chi connectivity index (χ0n) is 18.3. The SMILES string of the molecule is C=C(/C=C(/F)C(=C)C(F)(F)Oc1cc(F)c(F)c(F)c1)C1CCC(C2CCC(C)CC2)=CO1. The molecule has 0 amide bonds. The van der Waals surface area contributed by atoms with Crippen LogP contribution in [-0.2, 0) is 4.74 Å². The highest BCUT2D eigenvalue weighted by Crippen LogP contribution is 2.38. The van der Waals surface area contributed by atoms with Crippen LogP contribution >= 0.6 is 0 Å². The van der Waals surface area contributed by atoms with Gasteiger partial charge in [-0.1, -0.05) is 32.9 Å². The summed E-state index contributed by atoms with van der Waals surface area (Å²) >= 11 is 0. The second-order valence-electron chi connectivity index (χ2n) is 8.68. The third-order valence-corrected chi connectivity index (χ3v) is 6.19. The zero-order valence-corrected chi connectivity index (χ0v) is 18.3. The van der Waals surface area contributed by atoms with E-state index in [1.807, 2.05) is 0 Å². The Morgan fingerprint density at radius 1 is 1.06 bits per heavy atom. The Hall–Kier alpha value is -2.64. The second-order valence-corrected chi connectivity index (χ2v) is 8.68. The summed E-state index contributed by atoms with van der Waals surface area (Å²) in [6, 6.07) is 0.458. The van der Waals surface area contributed by atoms with Gasteiger partial charge in [-0.15, -0.1) is 0 Å². The van der Waals surface area contributed by atoms with Gasteiger partial charge < -0.3 is 9.47 Å². The van der Waals surface area contributed by atoms with Crippen molar-refractivity contribution in [3.8, 4) is 5.75 Å². The highest BCUT2D eigenvalue weighted by molar-refractivity contribution is 5.36. The number of allylic oxidation sites excluding steroid dienone is 1. The van der Waals surface area contributed by atoms with Crippen molar-refractivity contribution in [3.63, 3.8) is 0 Å². The lowest BCUT2D eigenvalue weighted by atomic mass is 9.77. The van der Waals surface area contributed by atoms with Gasteiger partial charge in [-0.05, 0) is 54.7 Å². The molecule has 1 aromatic carbocycles. The van der Waals surface area contributed by atoms with Crippen molar-refractivity contribution in [3.05, 3.63) is 77.6 Å². The van der Waals surface area contributed by atoms with Crippen molar-refractivity contribution < 1.29 is 35.8 Å². The summed E-state index contributed by atoms with van der Waals surface area (Å²) in [6.07, 6.45) is 3.35.